The Labute approximate surface area is 95.3 Å². The van der Waals surface area contributed by atoms with Crippen LogP contribution in [-0.2, 0) is 0 Å². The van der Waals surface area contributed by atoms with Gasteiger partial charge in [0.25, 0.3) is 0 Å². The number of hydrogen-bond acceptors (Lipinski definition) is 1. The Morgan fingerprint density at radius 1 is 1.20 bits per heavy atom. The third-order valence-electron chi connectivity index (χ3n) is 3.68. The molecule has 1 heteroatoms. The van der Waals surface area contributed by atoms with Gasteiger partial charge in [0.1, 0.15) is 0 Å². The minimum atomic E-state index is 0.765. The monoisotopic (exact) mass is 209 g/mol. The van der Waals surface area contributed by atoms with Crippen LogP contribution in [0.15, 0.2) is 12.2 Å². The van der Waals surface area contributed by atoms with Crippen molar-refractivity contribution < 1.29 is 0 Å². The first-order valence-corrected chi connectivity index (χ1v) is 6.66. The Bertz CT molecular complexity index is 178. The highest BCUT2D eigenvalue weighted by Gasteiger charge is 2.19. The molecular weight excluding hydrogens is 182 g/mol. The molecule has 15 heavy (non-hydrogen) atoms. The number of rotatable bonds is 6. The smallest absolute Gasteiger partial charge is 0.0164 e. The number of hydrogen-bond donors (Lipinski definition) is 1. The van der Waals surface area contributed by atoms with E-state index in [0.29, 0.717) is 0 Å². The Morgan fingerprint density at radius 3 is 2.40 bits per heavy atom. The van der Waals surface area contributed by atoms with Crippen molar-refractivity contribution in [3.63, 3.8) is 0 Å². The van der Waals surface area contributed by atoms with Gasteiger partial charge in [-0.05, 0) is 38.0 Å². The predicted molar refractivity (Wildman–Crippen MR) is 68.1 cm³/mol. The van der Waals surface area contributed by atoms with Crippen LogP contribution in [0.3, 0.4) is 0 Å². The maximum Gasteiger partial charge on any atom is 0.0164 e. The maximum atomic E-state index is 4.04. The average molecular weight is 209 g/mol. The second-order valence-electron chi connectivity index (χ2n) is 4.99. The molecule has 0 amide bonds. The Balaban J connectivity index is 2.12. The van der Waals surface area contributed by atoms with Gasteiger partial charge in [0, 0.05) is 12.6 Å². The zero-order chi connectivity index (χ0) is 11.1. The molecule has 1 nitrogen and oxygen atoms in total. The van der Waals surface area contributed by atoms with E-state index in [-0.39, 0.29) is 0 Å². The fourth-order valence-corrected chi connectivity index (χ4v) is 2.48. The molecular formula is C14H27N. The third kappa shape index (κ3) is 4.83. The van der Waals surface area contributed by atoms with Gasteiger partial charge in [-0.3, -0.25) is 0 Å². The Hall–Kier alpha value is -0.300. The first-order valence-electron chi connectivity index (χ1n) is 6.66. The van der Waals surface area contributed by atoms with Gasteiger partial charge in [-0.2, -0.15) is 0 Å². The summed E-state index contributed by atoms with van der Waals surface area (Å²) in [4.78, 5) is 0. The molecule has 0 aromatic rings. The van der Waals surface area contributed by atoms with Crippen molar-refractivity contribution in [2.75, 3.05) is 6.54 Å². The molecule has 1 N–H and O–H groups in total. The van der Waals surface area contributed by atoms with Crippen LogP contribution in [-0.4, -0.2) is 12.6 Å². The van der Waals surface area contributed by atoms with Gasteiger partial charge in [0.15, 0.2) is 0 Å². The van der Waals surface area contributed by atoms with E-state index >= 15 is 0 Å². The molecule has 0 radical (unpaired) electrons. The zero-order valence-electron chi connectivity index (χ0n) is 10.5. The normalized spacial score (nSPS) is 26.5. The van der Waals surface area contributed by atoms with Crippen LogP contribution in [0.1, 0.15) is 58.8 Å². The number of nitrogens with one attached hydrogen (secondary N) is 1. The van der Waals surface area contributed by atoms with Crippen LogP contribution in [0.25, 0.3) is 0 Å². The van der Waals surface area contributed by atoms with Crippen molar-refractivity contribution in [1.29, 1.82) is 0 Å². The summed E-state index contributed by atoms with van der Waals surface area (Å²) < 4.78 is 0. The van der Waals surface area contributed by atoms with Crippen molar-refractivity contribution in [2.45, 2.75) is 64.8 Å². The second-order valence-corrected chi connectivity index (χ2v) is 4.99. The van der Waals surface area contributed by atoms with E-state index in [2.05, 4.69) is 25.7 Å². The summed E-state index contributed by atoms with van der Waals surface area (Å²) >= 11 is 0. The molecule has 88 valence electrons. The van der Waals surface area contributed by atoms with E-state index in [1.54, 1.807) is 0 Å². The summed E-state index contributed by atoms with van der Waals surface area (Å²) in [5.41, 5.74) is 1.34. The lowest BCUT2D eigenvalue weighted by Gasteiger charge is -2.29. The molecule has 0 aromatic heterocycles. The van der Waals surface area contributed by atoms with E-state index < -0.39 is 0 Å². The van der Waals surface area contributed by atoms with Gasteiger partial charge in [0.2, 0.25) is 0 Å². The summed E-state index contributed by atoms with van der Waals surface area (Å²) in [5.74, 6) is 1.02. The molecule has 1 fully saturated rings. The molecule has 0 spiro atoms. The van der Waals surface area contributed by atoms with Crippen LogP contribution in [0, 0.1) is 5.92 Å². The highest BCUT2D eigenvalue weighted by molar-refractivity contribution is 4.96. The minimum absolute atomic E-state index is 0.765. The molecule has 1 aliphatic rings. The highest BCUT2D eigenvalue weighted by Crippen LogP contribution is 2.27. The van der Waals surface area contributed by atoms with Crippen LogP contribution in [0.4, 0.5) is 0 Å². The summed E-state index contributed by atoms with van der Waals surface area (Å²) in [5, 5.41) is 3.64. The summed E-state index contributed by atoms with van der Waals surface area (Å²) in [6.07, 6.45) is 9.53. The summed E-state index contributed by atoms with van der Waals surface area (Å²) in [6, 6.07) is 0.765. The van der Waals surface area contributed by atoms with E-state index in [4.69, 9.17) is 0 Å². The van der Waals surface area contributed by atoms with Crippen molar-refractivity contribution in [2.24, 2.45) is 5.92 Å². The van der Waals surface area contributed by atoms with Crippen LogP contribution in [0.5, 0.6) is 0 Å². The lowest BCUT2D eigenvalue weighted by atomic mass is 9.83. The van der Waals surface area contributed by atoms with Crippen molar-refractivity contribution in [1.82, 2.24) is 5.32 Å². The van der Waals surface area contributed by atoms with E-state index in [1.165, 1.54) is 44.1 Å². The molecule has 1 aliphatic carbocycles. The fourth-order valence-electron chi connectivity index (χ4n) is 2.48. The summed E-state index contributed by atoms with van der Waals surface area (Å²) in [7, 11) is 0. The van der Waals surface area contributed by atoms with Gasteiger partial charge in [0.05, 0.1) is 0 Å². The molecule has 0 aromatic carbocycles. The minimum Gasteiger partial charge on any atom is -0.310 e. The largest absolute Gasteiger partial charge is 0.310 e. The average Bonchev–Trinajstić information content (AvgIpc) is 2.28. The maximum absolute atomic E-state index is 4.04. The summed E-state index contributed by atoms with van der Waals surface area (Å²) in [6.45, 7) is 9.55. The molecule has 1 saturated carbocycles. The van der Waals surface area contributed by atoms with Gasteiger partial charge in [-0.1, -0.05) is 38.8 Å². The van der Waals surface area contributed by atoms with Gasteiger partial charge < -0.3 is 5.32 Å². The second kappa shape index (κ2) is 7.05. The van der Waals surface area contributed by atoms with Gasteiger partial charge >= 0.3 is 0 Å². The van der Waals surface area contributed by atoms with Crippen molar-refractivity contribution >= 4 is 0 Å². The molecule has 0 bridgehead atoms. The van der Waals surface area contributed by atoms with Gasteiger partial charge in [-0.25, -0.2) is 0 Å². The van der Waals surface area contributed by atoms with Crippen molar-refractivity contribution in [3.8, 4) is 0 Å². The zero-order valence-corrected chi connectivity index (χ0v) is 10.5. The Morgan fingerprint density at radius 2 is 1.87 bits per heavy atom. The Kier molecular flexibility index (Phi) is 6.00. The topological polar surface area (TPSA) is 12.0 Å². The lowest BCUT2D eigenvalue weighted by Crippen LogP contribution is -2.34. The molecule has 0 unspecified atom stereocenters. The molecule has 0 saturated heterocycles. The van der Waals surface area contributed by atoms with Crippen LogP contribution < -0.4 is 5.32 Å². The highest BCUT2D eigenvalue weighted by atomic mass is 14.9. The fraction of sp³-hybridized carbons (Fsp3) is 0.857. The quantitative estimate of drug-likeness (QED) is 0.654. The standard InChI is InChI=1S/C14H27N/c1-4-6-13-7-9-14(10-8-13)15-11-12(3)5-2/h13-15H,3-11H2,1-2H3. The van der Waals surface area contributed by atoms with Crippen LogP contribution in [0.2, 0.25) is 0 Å². The van der Waals surface area contributed by atoms with Crippen LogP contribution >= 0.6 is 0 Å². The lowest BCUT2D eigenvalue weighted by molar-refractivity contribution is 0.282. The molecule has 0 atom stereocenters. The van der Waals surface area contributed by atoms with Gasteiger partial charge in [-0.15, -0.1) is 0 Å². The molecule has 0 aliphatic heterocycles. The van der Waals surface area contributed by atoms with E-state index in [0.717, 1.165) is 24.9 Å². The third-order valence-corrected chi connectivity index (χ3v) is 3.68. The SMILES string of the molecule is C=C(CC)CNC1CCC(CCC)CC1. The van der Waals surface area contributed by atoms with E-state index in [1.807, 2.05) is 0 Å². The first kappa shape index (κ1) is 12.8. The first-order chi connectivity index (χ1) is 7.26. The van der Waals surface area contributed by atoms with Crippen molar-refractivity contribution in [3.05, 3.63) is 12.2 Å². The van der Waals surface area contributed by atoms with E-state index in [9.17, 15) is 0 Å². The molecule has 0 heterocycles. The molecule has 1 rings (SSSR count). The predicted octanol–water partition coefficient (Wildman–Crippen LogP) is 3.90.